The maximum Gasteiger partial charge on any atom is 0.270 e. The molecule has 0 N–H and O–H groups in total. The van der Waals surface area contributed by atoms with Crippen LogP contribution >= 0.6 is 18.0 Å². The second-order valence-electron chi connectivity index (χ2n) is 2.37. The lowest BCUT2D eigenvalue weighted by Crippen LogP contribution is -2.18. The van der Waals surface area contributed by atoms with Gasteiger partial charge in [-0.2, -0.15) is 0 Å². The Hall–Kier alpha value is 0.500. The molecule has 0 rings (SSSR count). The summed E-state index contributed by atoms with van der Waals surface area (Å²) in [6, 6.07) is 0. The Morgan fingerprint density at radius 2 is 1.40 bits per heavy atom. The fraction of sp³-hybridized carbons (Fsp3) is 1.00. The highest BCUT2D eigenvalue weighted by atomic mass is 32.7. The molecule has 0 aromatic heterocycles. The summed E-state index contributed by atoms with van der Waals surface area (Å²) < 4.78 is 15.3. The van der Waals surface area contributed by atoms with Gasteiger partial charge in [-0.1, -0.05) is 11.4 Å². The predicted molar refractivity (Wildman–Crippen MR) is 48.5 cm³/mol. The van der Waals surface area contributed by atoms with Crippen molar-refractivity contribution < 1.29 is 4.57 Å². The van der Waals surface area contributed by atoms with Crippen LogP contribution in [-0.2, 0) is 4.57 Å². The topological polar surface area (TPSA) is 23.6 Å². The van der Waals surface area contributed by atoms with E-state index in [1.807, 2.05) is 34.4 Å². The molecule has 0 saturated heterocycles. The van der Waals surface area contributed by atoms with Crippen molar-refractivity contribution in [3.63, 3.8) is 0 Å². The summed E-state index contributed by atoms with van der Waals surface area (Å²) in [7, 11) is 7.32. The standard InChI is InChI=1S/C5H15N2OPS/c1-6(2)9(8,10-5)7(3)4/h1-5H3. The van der Waals surface area contributed by atoms with E-state index in [1.54, 1.807) is 9.34 Å². The minimum Gasteiger partial charge on any atom is -0.277 e. The van der Waals surface area contributed by atoms with Gasteiger partial charge in [0.1, 0.15) is 0 Å². The average molecular weight is 182 g/mol. The highest BCUT2D eigenvalue weighted by Gasteiger charge is 2.25. The summed E-state index contributed by atoms with van der Waals surface area (Å²) in [5, 5.41) is 0. The summed E-state index contributed by atoms with van der Waals surface area (Å²) in [6.07, 6.45) is 1.86. The molecule has 0 unspecified atom stereocenters. The summed E-state index contributed by atoms with van der Waals surface area (Å²) in [6.45, 7) is -2.26. The summed E-state index contributed by atoms with van der Waals surface area (Å²) in [5.74, 6) is 0. The first kappa shape index (κ1) is 10.5. The Labute approximate surface area is 67.0 Å². The summed E-state index contributed by atoms with van der Waals surface area (Å²) >= 11 is 1.40. The number of hydrogen-bond acceptors (Lipinski definition) is 2. The predicted octanol–water partition coefficient (Wildman–Crippen LogP) is 1.58. The fourth-order valence-electron chi connectivity index (χ4n) is 0.684. The molecule has 0 spiro atoms. The fourth-order valence-corrected chi connectivity index (χ4v) is 4.01. The van der Waals surface area contributed by atoms with E-state index in [4.69, 9.17) is 0 Å². The van der Waals surface area contributed by atoms with E-state index in [2.05, 4.69) is 0 Å². The Morgan fingerprint density at radius 1 is 1.10 bits per heavy atom. The second-order valence-corrected chi connectivity index (χ2v) is 7.84. The molecule has 62 valence electrons. The third kappa shape index (κ3) is 1.99. The maximum absolute atomic E-state index is 11.8. The van der Waals surface area contributed by atoms with E-state index < -0.39 is 6.65 Å². The van der Waals surface area contributed by atoms with Crippen LogP contribution in [-0.4, -0.2) is 43.8 Å². The molecular weight excluding hydrogens is 167 g/mol. The Bertz CT molecular complexity index is 137. The van der Waals surface area contributed by atoms with Crippen LogP contribution in [0.3, 0.4) is 0 Å². The summed E-state index contributed by atoms with van der Waals surface area (Å²) in [4.78, 5) is 0. The van der Waals surface area contributed by atoms with Crippen molar-refractivity contribution in [2.75, 3.05) is 34.4 Å². The second kappa shape index (κ2) is 3.77. The lowest BCUT2D eigenvalue weighted by molar-refractivity contribution is 0.468. The Kier molecular flexibility index (Phi) is 3.95. The van der Waals surface area contributed by atoms with Crippen LogP contribution in [0.15, 0.2) is 0 Å². The zero-order valence-corrected chi connectivity index (χ0v) is 8.87. The molecule has 0 aromatic carbocycles. The van der Waals surface area contributed by atoms with Crippen LogP contribution in [0.2, 0.25) is 0 Å². The van der Waals surface area contributed by atoms with Gasteiger partial charge < -0.3 is 0 Å². The molecule has 0 aromatic rings. The van der Waals surface area contributed by atoms with E-state index in [0.29, 0.717) is 0 Å². The first-order valence-corrected chi connectivity index (χ1v) is 6.40. The van der Waals surface area contributed by atoms with Gasteiger partial charge in [-0.3, -0.25) is 4.57 Å². The number of rotatable bonds is 3. The molecular formula is C5H15N2OPS. The van der Waals surface area contributed by atoms with Gasteiger partial charge in [0.25, 0.3) is 6.65 Å². The SMILES string of the molecule is CSP(=O)(N(C)C)N(C)C. The molecule has 0 atom stereocenters. The molecule has 0 saturated carbocycles. The summed E-state index contributed by atoms with van der Waals surface area (Å²) in [5.41, 5.74) is 0. The first-order chi connectivity index (χ1) is 4.45. The molecule has 0 aliphatic carbocycles. The smallest absolute Gasteiger partial charge is 0.270 e. The average Bonchev–Trinajstić information content (AvgIpc) is 1.85. The molecule has 0 bridgehead atoms. The van der Waals surface area contributed by atoms with Crippen molar-refractivity contribution in [3.8, 4) is 0 Å². The van der Waals surface area contributed by atoms with Crippen LogP contribution in [0.4, 0.5) is 0 Å². The highest BCUT2D eigenvalue weighted by molar-refractivity contribution is 8.56. The third-order valence-corrected chi connectivity index (χ3v) is 7.13. The minimum atomic E-state index is -2.26. The Balaban J connectivity index is 4.40. The van der Waals surface area contributed by atoms with Crippen molar-refractivity contribution in [2.24, 2.45) is 0 Å². The van der Waals surface area contributed by atoms with Gasteiger partial charge in [-0.15, -0.1) is 0 Å². The highest BCUT2D eigenvalue weighted by Crippen LogP contribution is 2.59. The first-order valence-electron chi connectivity index (χ1n) is 2.96. The van der Waals surface area contributed by atoms with Crippen LogP contribution in [0.5, 0.6) is 0 Å². The lowest BCUT2D eigenvalue weighted by atomic mass is 11.3. The normalized spacial score (nSPS) is 13.1. The zero-order valence-electron chi connectivity index (χ0n) is 7.16. The van der Waals surface area contributed by atoms with Crippen molar-refractivity contribution in [3.05, 3.63) is 0 Å². The van der Waals surface area contributed by atoms with Gasteiger partial charge in [-0.25, -0.2) is 9.34 Å². The van der Waals surface area contributed by atoms with Crippen molar-refractivity contribution in [2.45, 2.75) is 0 Å². The largest absolute Gasteiger partial charge is 0.277 e. The van der Waals surface area contributed by atoms with E-state index in [0.717, 1.165) is 0 Å². The van der Waals surface area contributed by atoms with Crippen molar-refractivity contribution in [1.82, 2.24) is 9.34 Å². The lowest BCUT2D eigenvalue weighted by Gasteiger charge is -2.27. The quantitative estimate of drug-likeness (QED) is 0.618. The van der Waals surface area contributed by atoms with Gasteiger partial charge in [-0.05, 0) is 34.4 Å². The maximum atomic E-state index is 11.8. The van der Waals surface area contributed by atoms with Crippen molar-refractivity contribution in [1.29, 1.82) is 0 Å². The molecule has 5 heteroatoms. The van der Waals surface area contributed by atoms with E-state index in [1.165, 1.54) is 11.4 Å². The minimum absolute atomic E-state index is 1.40. The molecule has 0 radical (unpaired) electrons. The van der Waals surface area contributed by atoms with Crippen LogP contribution in [0, 0.1) is 0 Å². The van der Waals surface area contributed by atoms with Gasteiger partial charge >= 0.3 is 0 Å². The zero-order chi connectivity index (χ0) is 8.36. The van der Waals surface area contributed by atoms with E-state index >= 15 is 0 Å². The number of hydrogen-bond donors (Lipinski definition) is 0. The van der Waals surface area contributed by atoms with Crippen LogP contribution in [0.25, 0.3) is 0 Å². The molecule has 3 nitrogen and oxygen atoms in total. The van der Waals surface area contributed by atoms with Gasteiger partial charge in [0, 0.05) is 0 Å². The van der Waals surface area contributed by atoms with E-state index in [9.17, 15) is 4.57 Å². The monoisotopic (exact) mass is 182 g/mol. The molecule has 0 fully saturated rings. The van der Waals surface area contributed by atoms with Gasteiger partial charge in [0.2, 0.25) is 0 Å². The molecule has 0 heterocycles. The van der Waals surface area contributed by atoms with Crippen LogP contribution in [0.1, 0.15) is 0 Å². The third-order valence-electron chi connectivity index (χ3n) is 1.25. The molecule has 0 aliphatic rings. The molecule has 10 heavy (non-hydrogen) atoms. The van der Waals surface area contributed by atoms with Gasteiger partial charge in [0.05, 0.1) is 0 Å². The number of nitrogens with zero attached hydrogens (tertiary/aromatic N) is 2. The molecule has 0 aliphatic heterocycles. The molecule has 0 amide bonds. The van der Waals surface area contributed by atoms with Crippen LogP contribution < -0.4 is 0 Å². The van der Waals surface area contributed by atoms with E-state index in [-0.39, 0.29) is 0 Å². The van der Waals surface area contributed by atoms with Crippen molar-refractivity contribution >= 4 is 18.0 Å². The Morgan fingerprint density at radius 3 is 1.40 bits per heavy atom. The van der Waals surface area contributed by atoms with Gasteiger partial charge in [0.15, 0.2) is 0 Å².